The molecule has 7 aliphatic rings. The summed E-state index contributed by atoms with van der Waals surface area (Å²) in [7, 11) is 0. The number of fused-ring (bicyclic) bond motifs is 7. The van der Waals surface area contributed by atoms with Crippen LogP contribution in [0.4, 0.5) is 0 Å². The van der Waals surface area contributed by atoms with Crippen molar-refractivity contribution < 1.29 is 14.6 Å². The molecule has 0 spiro atoms. The van der Waals surface area contributed by atoms with Crippen molar-refractivity contribution in [2.45, 2.75) is 131 Å². The number of nitrogens with one attached hydrogen (secondary N) is 1. The van der Waals surface area contributed by atoms with Crippen LogP contribution in [0, 0.1) is 62.1 Å². The van der Waals surface area contributed by atoms with Crippen LogP contribution in [0.25, 0.3) is 0 Å². The first kappa shape index (κ1) is 41.6. The fourth-order valence-electron chi connectivity index (χ4n) is 16.3. The number of carboxylic acids is 1. The Morgan fingerprint density at radius 1 is 0.982 bits per heavy atom. The second-order valence-corrected chi connectivity index (χ2v) is 22.6. The molecule has 57 heavy (non-hydrogen) atoms. The number of aliphatic carboxylic acids is 1. The lowest BCUT2D eigenvalue weighted by atomic mass is 9.32. The van der Waals surface area contributed by atoms with Crippen LogP contribution in [0.3, 0.4) is 0 Å². The standard InChI is InChI=1S/C50H75N3O3S/c1-9-48(19-10-11-20-49(48,43(54)55)34-56-36-17-26-51-27-18-36)40-15-21-45(6)39(44(40,4)5)16-22-47(8)41(45)13-12-38-42-37(35(2)3)14-23-50(42,25-24-46(38,47)7)52-28-29-53-30-32-57-33-31-53/h10,15,17-19,26-27,37-39,41-42,52H,2,9,11-14,16,20-25,28-34H2,1,3-8H3,(H,54,55)/t37-,38+,39-,41+,42+,45-,46+,47+,48?,49?,50-/m0/s1. The summed E-state index contributed by atoms with van der Waals surface area (Å²) in [5, 5.41) is 15.7. The minimum atomic E-state index is -1.05. The smallest absolute Gasteiger partial charge is 0.314 e. The first-order valence-corrected chi connectivity index (χ1v) is 24.2. The SMILES string of the molecule is C=C(C)[C@@H]1CC[C@]2(NCCN3CCSCC3)CC[C@]3(C)[C@H](CC[C@@H]4[C@@]5(C)CC=C(C6(CC)C=CCCC6(COc6ccncc6)C(=O)O)C(C)(C)[C@@H]5CC[C@]43C)[C@@H]12. The van der Waals surface area contributed by atoms with Crippen molar-refractivity contribution in [2.75, 3.05) is 44.3 Å². The maximum absolute atomic E-state index is 13.8. The molecule has 2 N–H and O–H groups in total. The molecule has 0 amide bonds. The van der Waals surface area contributed by atoms with Gasteiger partial charge in [0.15, 0.2) is 0 Å². The molecule has 1 aliphatic heterocycles. The van der Waals surface area contributed by atoms with E-state index in [1.807, 2.05) is 12.1 Å². The molecule has 0 radical (unpaired) electrons. The Balaban J connectivity index is 1.10. The number of allylic oxidation sites excluding steroid dienone is 5. The topological polar surface area (TPSA) is 74.7 Å². The van der Waals surface area contributed by atoms with Gasteiger partial charge in [-0.2, -0.15) is 11.8 Å². The van der Waals surface area contributed by atoms with E-state index in [0.717, 1.165) is 25.8 Å². The molecule has 8 rings (SSSR count). The van der Waals surface area contributed by atoms with E-state index in [-0.39, 0.29) is 33.8 Å². The van der Waals surface area contributed by atoms with Crippen LogP contribution >= 0.6 is 11.8 Å². The Bertz CT molecular complexity index is 1740. The summed E-state index contributed by atoms with van der Waals surface area (Å²) in [4.78, 5) is 20.7. The van der Waals surface area contributed by atoms with Gasteiger partial charge < -0.3 is 20.1 Å². The number of hydrogen-bond acceptors (Lipinski definition) is 6. The van der Waals surface area contributed by atoms with E-state index < -0.39 is 16.8 Å². The van der Waals surface area contributed by atoms with Crippen molar-refractivity contribution in [3.63, 3.8) is 0 Å². The number of ether oxygens (including phenoxy) is 1. The zero-order chi connectivity index (χ0) is 40.5. The lowest BCUT2D eigenvalue weighted by molar-refractivity contribution is -0.222. The number of carboxylic acid groups (broad SMARTS) is 1. The predicted molar refractivity (Wildman–Crippen MR) is 235 cm³/mol. The molecule has 6 aliphatic carbocycles. The van der Waals surface area contributed by atoms with E-state index >= 15 is 0 Å². The largest absolute Gasteiger partial charge is 0.492 e. The molecule has 0 bridgehead atoms. The Labute approximate surface area is 349 Å². The van der Waals surface area contributed by atoms with E-state index in [9.17, 15) is 9.90 Å². The van der Waals surface area contributed by atoms with E-state index in [1.54, 1.807) is 12.4 Å². The van der Waals surface area contributed by atoms with Crippen LogP contribution in [-0.4, -0.2) is 70.8 Å². The van der Waals surface area contributed by atoms with Crippen molar-refractivity contribution in [2.24, 2.45) is 62.1 Å². The van der Waals surface area contributed by atoms with E-state index in [2.05, 4.69) is 100 Å². The number of pyridine rings is 1. The Kier molecular flexibility index (Phi) is 11.0. The molecule has 314 valence electrons. The highest BCUT2D eigenvalue weighted by molar-refractivity contribution is 7.99. The first-order valence-electron chi connectivity index (χ1n) is 23.0. The van der Waals surface area contributed by atoms with Crippen LogP contribution in [0.1, 0.15) is 126 Å². The summed E-state index contributed by atoms with van der Waals surface area (Å²) in [6.45, 7) is 27.3. The molecule has 1 aromatic rings. The van der Waals surface area contributed by atoms with E-state index in [0.29, 0.717) is 41.8 Å². The summed E-state index contributed by atoms with van der Waals surface area (Å²) in [5.74, 6) is 5.64. The molecular weight excluding hydrogens is 723 g/mol. The first-order chi connectivity index (χ1) is 27.1. The van der Waals surface area contributed by atoms with Gasteiger partial charge in [0.2, 0.25) is 0 Å². The number of thioether (sulfide) groups is 1. The van der Waals surface area contributed by atoms with Crippen LogP contribution < -0.4 is 10.1 Å². The molecule has 0 aromatic carbocycles. The minimum Gasteiger partial charge on any atom is -0.492 e. The average molecular weight is 798 g/mol. The molecule has 2 heterocycles. The van der Waals surface area contributed by atoms with Crippen molar-refractivity contribution in [3.8, 4) is 5.75 Å². The minimum absolute atomic E-state index is 0.153. The van der Waals surface area contributed by atoms with E-state index in [4.69, 9.17) is 4.74 Å². The molecule has 6 nitrogen and oxygen atoms in total. The number of hydrogen-bond donors (Lipinski definition) is 2. The van der Waals surface area contributed by atoms with Gasteiger partial charge in [0.25, 0.3) is 0 Å². The summed E-state index contributed by atoms with van der Waals surface area (Å²) >= 11 is 2.11. The van der Waals surface area contributed by atoms with Crippen molar-refractivity contribution >= 4 is 17.7 Å². The molecule has 2 unspecified atom stereocenters. The summed E-state index contributed by atoms with van der Waals surface area (Å²) in [6, 6.07) is 3.69. The second kappa shape index (κ2) is 15.1. The fraction of sp³-hybridized carbons (Fsp3) is 0.760. The monoisotopic (exact) mass is 798 g/mol. The molecule has 1 aromatic heterocycles. The normalized spacial score (nSPS) is 43.8. The lowest BCUT2D eigenvalue weighted by Crippen LogP contribution is -2.68. The summed E-state index contributed by atoms with van der Waals surface area (Å²) < 4.78 is 6.41. The zero-order valence-corrected chi connectivity index (χ0v) is 37.5. The van der Waals surface area contributed by atoms with Gasteiger partial charge in [-0.3, -0.25) is 9.78 Å². The zero-order valence-electron chi connectivity index (χ0n) is 36.6. The van der Waals surface area contributed by atoms with Crippen LogP contribution in [-0.2, 0) is 4.79 Å². The van der Waals surface area contributed by atoms with Gasteiger partial charge in [-0.15, -0.1) is 0 Å². The Morgan fingerprint density at radius 3 is 2.44 bits per heavy atom. The van der Waals surface area contributed by atoms with Crippen molar-refractivity contribution in [1.82, 2.24) is 15.2 Å². The quantitative estimate of drug-likeness (QED) is 0.216. The summed E-state index contributed by atoms with van der Waals surface area (Å²) in [6.07, 6.45) is 24.0. The third-order valence-corrected chi connectivity index (χ3v) is 20.2. The highest BCUT2D eigenvalue weighted by atomic mass is 32.2. The Morgan fingerprint density at radius 2 is 1.74 bits per heavy atom. The number of aromatic nitrogens is 1. The van der Waals surface area contributed by atoms with E-state index in [1.165, 1.54) is 93.7 Å². The molecule has 1 saturated heterocycles. The average Bonchev–Trinajstić information content (AvgIpc) is 3.58. The highest BCUT2D eigenvalue weighted by Crippen LogP contribution is 2.77. The van der Waals surface area contributed by atoms with Gasteiger partial charge in [0.05, 0.1) is 0 Å². The fourth-order valence-corrected chi connectivity index (χ4v) is 17.3. The number of rotatable bonds is 11. The van der Waals surface area contributed by atoms with Gasteiger partial charge in [0, 0.05) is 61.0 Å². The van der Waals surface area contributed by atoms with Crippen LogP contribution in [0.15, 0.2) is 60.5 Å². The van der Waals surface area contributed by atoms with Gasteiger partial charge in [0.1, 0.15) is 17.8 Å². The molecule has 4 saturated carbocycles. The van der Waals surface area contributed by atoms with Gasteiger partial charge in [-0.05, 0) is 147 Å². The van der Waals surface area contributed by atoms with Gasteiger partial charge in [-0.25, -0.2) is 0 Å². The van der Waals surface area contributed by atoms with Gasteiger partial charge >= 0.3 is 5.97 Å². The van der Waals surface area contributed by atoms with Crippen LogP contribution in [0.5, 0.6) is 5.75 Å². The molecular formula is C50H75N3O3S. The number of carbonyl (C=O) groups is 1. The number of nitrogens with zero attached hydrogens (tertiary/aromatic N) is 2. The van der Waals surface area contributed by atoms with Crippen molar-refractivity contribution in [3.05, 3.63) is 60.5 Å². The Hall–Kier alpha value is -2.09. The summed E-state index contributed by atoms with van der Waals surface area (Å²) in [5.41, 5.74) is 1.89. The third kappa shape index (κ3) is 6.21. The molecule has 7 heteroatoms. The second-order valence-electron chi connectivity index (χ2n) is 21.4. The lowest BCUT2D eigenvalue weighted by Gasteiger charge is -2.73. The van der Waals surface area contributed by atoms with Gasteiger partial charge in [-0.1, -0.05) is 77.5 Å². The predicted octanol–water partition coefficient (Wildman–Crippen LogP) is 10.9. The third-order valence-electron chi connectivity index (χ3n) is 19.2. The molecule has 5 fully saturated rings. The maximum atomic E-state index is 13.8. The highest BCUT2D eigenvalue weighted by Gasteiger charge is 2.71. The molecule has 11 atom stereocenters. The maximum Gasteiger partial charge on any atom is 0.314 e. The van der Waals surface area contributed by atoms with Crippen molar-refractivity contribution in [1.29, 1.82) is 0 Å². The van der Waals surface area contributed by atoms with Crippen LogP contribution in [0.2, 0.25) is 0 Å².